The zero-order valence-corrected chi connectivity index (χ0v) is 9.37. The van der Waals surface area contributed by atoms with E-state index in [0.29, 0.717) is 0 Å². The summed E-state index contributed by atoms with van der Waals surface area (Å²) in [5.41, 5.74) is -5.51. The van der Waals surface area contributed by atoms with Gasteiger partial charge in [0, 0.05) is 0 Å². The second kappa shape index (κ2) is 4.76. The summed E-state index contributed by atoms with van der Waals surface area (Å²) in [5, 5.41) is -1.79. The molecule has 0 radical (unpaired) electrons. The highest BCUT2D eigenvalue weighted by Crippen LogP contribution is 2.23. The quantitative estimate of drug-likeness (QED) is 0.742. The van der Waals surface area contributed by atoms with Crippen LogP contribution in [0.2, 0.25) is 0 Å². The van der Waals surface area contributed by atoms with E-state index in [2.05, 4.69) is 0 Å². The van der Waals surface area contributed by atoms with Crippen LogP contribution < -0.4 is 4.72 Å². The first-order valence-corrected chi connectivity index (χ1v) is 6.28. The Kier molecular flexibility index (Phi) is 4.70. The Labute approximate surface area is 87.4 Å². The molecule has 0 spiro atoms. The molecule has 0 saturated carbocycles. The highest BCUT2D eigenvalue weighted by atomic mass is 32.2. The summed E-state index contributed by atoms with van der Waals surface area (Å²) in [6.45, 7) is 2.55. The predicted octanol–water partition coefficient (Wildman–Crippen LogP) is 0.287. The molecule has 0 bridgehead atoms. The molecule has 0 aromatic heterocycles. The Morgan fingerprint density at radius 2 is 1.73 bits per heavy atom. The number of alkyl halides is 3. The maximum atomic E-state index is 11.9. The van der Waals surface area contributed by atoms with Crippen LogP contribution >= 0.6 is 0 Å². The van der Waals surface area contributed by atoms with E-state index >= 15 is 0 Å². The minimum atomic E-state index is -5.63. The molecule has 0 aromatic carbocycles. The van der Waals surface area contributed by atoms with Gasteiger partial charge in [0.15, 0.2) is 0 Å². The maximum Gasteiger partial charge on any atom is 0.511 e. The third-order valence-electron chi connectivity index (χ3n) is 1.39. The van der Waals surface area contributed by atoms with Crippen LogP contribution in [0.25, 0.3) is 0 Å². The van der Waals surface area contributed by atoms with Crippen molar-refractivity contribution < 1.29 is 30.4 Å². The molecule has 0 aliphatic rings. The molecule has 2 atom stereocenters. The van der Waals surface area contributed by atoms with Gasteiger partial charge in [-0.1, -0.05) is 13.8 Å². The van der Waals surface area contributed by atoms with Crippen LogP contribution in [0.3, 0.4) is 0 Å². The van der Waals surface area contributed by atoms with E-state index in [1.54, 1.807) is 0 Å². The lowest BCUT2D eigenvalue weighted by atomic mass is 10.2. The van der Waals surface area contributed by atoms with Crippen LogP contribution in [0, 0.1) is 5.92 Å². The van der Waals surface area contributed by atoms with Crippen molar-refractivity contribution in [1.29, 1.82) is 0 Å². The number of halogens is 3. The van der Waals surface area contributed by atoms with Gasteiger partial charge in [0.1, 0.15) is 0 Å². The summed E-state index contributed by atoms with van der Waals surface area (Å²) in [6, 6.07) is 0. The average molecular weight is 268 g/mol. The van der Waals surface area contributed by atoms with Crippen LogP contribution in [0.5, 0.6) is 0 Å². The Morgan fingerprint density at radius 1 is 1.33 bits per heavy atom. The highest BCUT2D eigenvalue weighted by molar-refractivity contribution is 7.91. The Hall–Kier alpha value is -0.190. The predicted molar refractivity (Wildman–Crippen MR) is 45.7 cm³/mol. The standard InChI is InChI=1S/C5H10F3NO4S2/c1-3(2)4(14(10)11)9-15(12,13)5(6,7)8/h3-4,9H,1-2H3,(H,10,11)/p-1. The topological polar surface area (TPSA) is 86.3 Å². The first-order valence-electron chi connectivity index (χ1n) is 3.65. The van der Waals surface area contributed by atoms with Crippen molar-refractivity contribution in [3.63, 3.8) is 0 Å². The molecular formula is C5H9F3NO4S2-. The lowest BCUT2D eigenvalue weighted by Gasteiger charge is -2.24. The first-order chi connectivity index (χ1) is 6.49. The first kappa shape index (κ1) is 14.8. The van der Waals surface area contributed by atoms with Crippen LogP contribution in [0.4, 0.5) is 13.2 Å². The van der Waals surface area contributed by atoms with Crippen molar-refractivity contribution in [1.82, 2.24) is 4.72 Å². The molecular weight excluding hydrogens is 259 g/mol. The molecule has 2 unspecified atom stereocenters. The van der Waals surface area contributed by atoms with Gasteiger partial charge in [-0.3, -0.25) is 4.21 Å². The molecule has 0 amide bonds. The van der Waals surface area contributed by atoms with Gasteiger partial charge in [0.25, 0.3) is 0 Å². The second-order valence-corrected chi connectivity index (χ2v) is 5.73. The van der Waals surface area contributed by atoms with Gasteiger partial charge in [-0.05, 0) is 17.0 Å². The summed E-state index contributed by atoms with van der Waals surface area (Å²) in [4.78, 5) is 0. The third kappa shape index (κ3) is 4.05. The van der Waals surface area contributed by atoms with Gasteiger partial charge in [0.05, 0.1) is 5.37 Å². The van der Waals surface area contributed by atoms with Gasteiger partial charge in [-0.2, -0.15) is 17.9 Å². The fraction of sp³-hybridized carbons (Fsp3) is 1.00. The monoisotopic (exact) mass is 268 g/mol. The van der Waals surface area contributed by atoms with Gasteiger partial charge in [0.2, 0.25) is 0 Å². The SMILES string of the molecule is CC(C)C(NS(=O)(=O)C(F)(F)F)S(=O)[O-]. The lowest BCUT2D eigenvalue weighted by molar-refractivity contribution is -0.0449. The zero-order chi connectivity index (χ0) is 12.4. The van der Waals surface area contributed by atoms with Gasteiger partial charge in [-0.25, -0.2) is 8.42 Å². The van der Waals surface area contributed by atoms with E-state index < -0.39 is 37.9 Å². The van der Waals surface area contributed by atoms with E-state index in [4.69, 9.17) is 0 Å². The summed E-state index contributed by atoms with van der Waals surface area (Å²) in [5.74, 6) is -0.805. The molecule has 1 N–H and O–H groups in total. The average Bonchev–Trinajstić information content (AvgIpc) is 1.96. The van der Waals surface area contributed by atoms with Crippen LogP contribution in [0.15, 0.2) is 0 Å². The minimum Gasteiger partial charge on any atom is -0.771 e. The number of nitrogens with one attached hydrogen (secondary N) is 1. The van der Waals surface area contributed by atoms with E-state index in [1.165, 1.54) is 13.8 Å². The Morgan fingerprint density at radius 3 is 1.93 bits per heavy atom. The normalized spacial score (nSPS) is 17.8. The van der Waals surface area contributed by atoms with Crippen molar-refractivity contribution in [3.8, 4) is 0 Å². The summed E-state index contributed by atoms with van der Waals surface area (Å²) in [7, 11) is -5.63. The second-order valence-electron chi connectivity index (χ2n) is 2.99. The number of hydrogen-bond donors (Lipinski definition) is 1. The molecule has 0 heterocycles. The number of sulfonamides is 1. The highest BCUT2D eigenvalue weighted by Gasteiger charge is 2.47. The summed E-state index contributed by atoms with van der Waals surface area (Å²) < 4.78 is 78.7. The van der Waals surface area contributed by atoms with Crippen molar-refractivity contribution in [2.24, 2.45) is 5.92 Å². The molecule has 0 rings (SSSR count). The zero-order valence-electron chi connectivity index (χ0n) is 7.74. The molecule has 0 fully saturated rings. The van der Waals surface area contributed by atoms with Gasteiger partial charge < -0.3 is 4.55 Å². The molecule has 92 valence electrons. The van der Waals surface area contributed by atoms with Crippen molar-refractivity contribution in [3.05, 3.63) is 0 Å². The summed E-state index contributed by atoms with van der Waals surface area (Å²) >= 11 is -2.96. The molecule has 15 heavy (non-hydrogen) atoms. The van der Waals surface area contributed by atoms with Crippen molar-refractivity contribution in [2.75, 3.05) is 0 Å². The molecule has 0 aliphatic heterocycles. The number of hydrogen-bond acceptors (Lipinski definition) is 4. The van der Waals surface area contributed by atoms with Gasteiger partial charge in [-0.15, -0.1) is 0 Å². The van der Waals surface area contributed by atoms with Crippen LogP contribution in [-0.2, 0) is 21.1 Å². The van der Waals surface area contributed by atoms with Crippen molar-refractivity contribution >= 4 is 21.1 Å². The fourth-order valence-electron chi connectivity index (χ4n) is 0.617. The summed E-state index contributed by atoms with van der Waals surface area (Å²) in [6.07, 6.45) is 0. The van der Waals surface area contributed by atoms with E-state index in [1.807, 2.05) is 0 Å². The largest absolute Gasteiger partial charge is 0.771 e. The Balaban J connectivity index is 4.93. The van der Waals surface area contributed by atoms with E-state index in [0.717, 1.165) is 4.72 Å². The molecule has 0 saturated heterocycles. The van der Waals surface area contributed by atoms with E-state index in [-0.39, 0.29) is 0 Å². The fourth-order valence-corrected chi connectivity index (χ4v) is 2.47. The van der Waals surface area contributed by atoms with Gasteiger partial charge >= 0.3 is 15.5 Å². The minimum absolute atomic E-state index is 0.805. The van der Waals surface area contributed by atoms with Crippen molar-refractivity contribution in [2.45, 2.75) is 24.7 Å². The molecule has 5 nitrogen and oxygen atoms in total. The lowest BCUT2D eigenvalue weighted by Crippen LogP contribution is -2.46. The molecule has 0 aromatic rings. The van der Waals surface area contributed by atoms with Crippen LogP contribution in [-0.4, -0.2) is 28.1 Å². The molecule has 10 heteroatoms. The third-order valence-corrected chi connectivity index (χ3v) is 3.79. The van der Waals surface area contributed by atoms with Crippen LogP contribution in [0.1, 0.15) is 13.8 Å². The Bertz CT molecular complexity index is 337. The maximum absolute atomic E-state index is 11.9. The smallest absolute Gasteiger partial charge is 0.511 e. The number of rotatable bonds is 4. The van der Waals surface area contributed by atoms with E-state index in [9.17, 15) is 30.4 Å². The molecule has 0 aliphatic carbocycles.